The van der Waals surface area contributed by atoms with Crippen LogP contribution in [0.3, 0.4) is 0 Å². The van der Waals surface area contributed by atoms with Gasteiger partial charge in [-0.05, 0) is 37.1 Å². The fourth-order valence-electron chi connectivity index (χ4n) is 3.80. The Kier molecular flexibility index (Phi) is 4.60. The van der Waals surface area contributed by atoms with Crippen molar-refractivity contribution >= 4 is 28.6 Å². The van der Waals surface area contributed by atoms with Crippen LogP contribution in [0.15, 0.2) is 36.5 Å². The molecule has 2 aromatic heterocycles. The maximum atomic E-state index is 12.2. The minimum Gasteiger partial charge on any atom is -0.476 e. The molecule has 0 unspecified atom stereocenters. The SMILES string of the molecule is CN1CC[C@@](O)(C#Cc2cccc(-n3nc(C(=O)O)c4c(NC5CC5)nccc43)c2)C1=O. The van der Waals surface area contributed by atoms with Gasteiger partial charge in [0.1, 0.15) is 5.82 Å². The van der Waals surface area contributed by atoms with E-state index in [-0.39, 0.29) is 12.1 Å². The van der Waals surface area contributed by atoms with Gasteiger partial charge in [0.25, 0.3) is 5.91 Å². The van der Waals surface area contributed by atoms with E-state index in [1.54, 1.807) is 48.3 Å². The van der Waals surface area contributed by atoms with E-state index in [0.29, 0.717) is 40.6 Å². The van der Waals surface area contributed by atoms with Gasteiger partial charge in [-0.15, -0.1) is 0 Å². The number of carbonyl (C=O) groups is 2. The van der Waals surface area contributed by atoms with Crippen LogP contribution in [0.5, 0.6) is 0 Å². The Morgan fingerprint density at radius 2 is 2.12 bits per heavy atom. The Labute approximate surface area is 183 Å². The van der Waals surface area contributed by atoms with Crippen molar-refractivity contribution in [1.29, 1.82) is 0 Å². The van der Waals surface area contributed by atoms with Crippen LogP contribution in [0, 0.1) is 11.8 Å². The van der Waals surface area contributed by atoms with Gasteiger partial charge in [-0.25, -0.2) is 14.5 Å². The lowest BCUT2D eigenvalue weighted by Crippen LogP contribution is -2.37. The van der Waals surface area contributed by atoms with Crippen molar-refractivity contribution in [3.05, 3.63) is 47.8 Å². The molecular formula is C23H21N5O4. The summed E-state index contributed by atoms with van der Waals surface area (Å²) in [6.07, 6.45) is 3.93. The molecule has 9 heteroatoms. The van der Waals surface area contributed by atoms with Crippen molar-refractivity contribution < 1.29 is 19.8 Å². The largest absolute Gasteiger partial charge is 0.476 e. The predicted molar refractivity (Wildman–Crippen MR) is 117 cm³/mol. The van der Waals surface area contributed by atoms with Crippen molar-refractivity contribution in [2.45, 2.75) is 30.9 Å². The Balaban J connectivity index is 1.56. The maximum absolute atomic E-state index is 12.2. The maximum Gasteiger partial charge on any atom is 0.357 e. The molecule has 0 bridgehead atoms. The number of rotatable bonds is 4. The van der Waals surface area contributed by atoms with Crippen LogP contribution in [0.1, 0.15) is 35.3 Å². The molecule has 1 saturated heterocycles. The third-order valence-corrected chi connectivity index (χ3v) is 5.73. The van der Waals surface area contributed by atoms with Gasteiger partial charge in [0.2, 0.25) is 5.60 Å². The van der Waals surface area contributed by atoms with E-state index in [1.165, 1.54) is 4.90 Å². The van der Waals surface area contributed by atoms with Gasteiger partial charge < -0.3 is 20.4 Å². The summed E-state index contributed by atoms with van der Waals surface area (Å²) >= 11 is 0. The zero-order valence-electron chi connectivity index (χ0n) is 17.4. The average Bonchev–Trinajstić information content (AvgIpc) is 3.45. The zero-order valence-corrected chi connectivity index (χ0v) is 17.4. The number of amides is 1. The van der Waals surface area contributed by atoms with E-state index < -0.39 is 17.5 Å². The summed E-state index contributed by atoms with van der Waals surface area (Å²) in [5, 5.41) is 28.3. The van der Waals surface area contributed by atoms with E-state index in [2.05, 4.69) is 27.2 Å². The number of fused-ring (bicyclic) bond motifs is 1. The number of carbonyl (C=O) groups excluding carboxylic acids is 1. The molecule has 3 N–H and O–H groups in total. The third kappa shape index (κ3) is 3.44. The highest BCUT2D eigenvalue weighted by molar-refractivity contribution is 6.06. The predicted octanol–water partition coefficient (Wildman–Crippen LogP) is 1.64. The molecule has 0 spiro atoms. The van der Waals surface area contributed by atoms with Crippen LogP contribution >= 0.6 is 0 Å². The highest BCUT2D eigenvalue weighted by atomic mass is 16.4. The number of likely N-dealkylation sites (N-methyl/N-ethyl adjacent to an activating group) is 1. The van der Waals surface area contributed by atoms with Crippen molar-refractivity contribution in [3.8, 4) is 17.5 Å². The van der Waals surface area contributed by atoms with E-state index in [9.17, 15) is 19.8 Å². The minimum atomic E-state index is -1.69. The number of nitrogens with one attached hydrogen (secondary N) is 1. The highest BCUT2D eigenvalue weighted by Gasteiger charge is 2.42. The fourth-order valence-corrected chi connectivity index (χ4v) is 3.80. The first-order chi connectivity index (χ1) is 15.4. The van der Waals surface area contributed by atoms with E-state index in [4.69, 9.17) is 0 Å². The van der Waals surface area contributed by atoms with Crippen molar-refractivity contribution in [2.24, 2.45) is 0 Å². The monoisotopic (exact) mass is 431 g/mol. The summed E-state index contributed by atoms with van der Waals surface area (Å²) in [7, 11) is 1.63. The zero-order chi connectivity index (χ0) is 22.5. The van der Waals surface area contributed by atoms with Crippen LogP contribution in [-0.2, 0) is 4.79 Å². The number of aromatic nitrogens is 3. The molecule has 1 saturated carbocycles. The average molecular weight is 431 g/mol. The summed E-state index contributed by atoms with van der Waals surface area (Å²) in [6, 6.07) is 9.09. The Hall–Kier alpha value is -3.90. The molecule has 1 amide bonds. The van der Waals surface area contributed by atoms with Gasteiger partial charge in [0.15, 0.2) is 5.69 Å². The van der Waals surface area contributed by atoms with Crippen molar-refractivity contribution in [3.63, 3.8) is 0 Å². The van der Waals surface area contributed by atoms with Crippen molar-refractivity contribution in [2.75, 3.05) is 18.9 Å². The Morgan fingerprint density at radius 3 is 2.81 bits per heavy atom. The Bertz CT molecular complexity index is 1320. The summed E-state index contributed by atoms with van der Waals surface area (Å²) in [4.78, 5) is 29.8. The van der Waals surface area contributed by atoms with Crippen molar-refractivity contribution in [1.82, 2.24) is 19.7 Å². The van der Waals surface area contributed by atoms with Gasteiger partial charge in [0.05, 0.1) is 16.6 Å². The molecule has 3 heterocycles. The molecule has 32 heavy (non-hydrogen) atoms. The molecule has 1 aliphatic heterocycles. The first-order valence-electron chi connectivity index (χ1n) is 10.3. The van der Waals surface area contributed by atoms with Gasteiger partial charge >= 0.3 is 5.97 Å². The number of anilines is 1. The second kappa shape index (κ2) is 7.35. The standard InChI is InChI=1S/C23H21N5O4/c1-27-12-10-23(32,22(27)31)9-7-14-3-2-4-16(13-14)28-17-8-11-24-20(25-15-5-6-15)18(17)19(26-28)21(29)30/h2-4,8,11,13,15,32H,5-6,10,12H2,1H3,(H,24,25)(H,29,30)/t23-/m0/s1. The normalized spacial score (nSPS) is 20.3. The second-order valence-corrected chi connectivity index (χ2v) is 8.18. The summed E-state index contributed by atoms with van der Waals surface area (Å²) in [5.41, 5.74) is 0.0248. The first-order valence-corrected chi connectivity index (χ1v) is 10.3. The molecule has 0 radical (unpaired) electrons. The molecule has 1 atom stereocenters. The summed E-state index contributed by atoms with van der Waals surface area (Å²) < 4.78 is 1.55. The fraction of sp³-hybridized carbons (Fsp3) is 0.304. The number of benzene rings is 1. The summed E-state index contributed by atoms with van der Waals surface area (Å²) in [5.74, 6) is 4.55. The van der Waals surface area contributed by atoms with E-state index in [1.807, 2.05) is 0 Å². The van der Waals surface area contributed by atoms with E-state index in [0.717, 1.165) is 12.8 Å². The number of hydrogen-bond acceptors (Lipinski definition) is 6. The van der Waals surface area contributed by atoms with Gasteiger partial charge in [-0.2, -0.15) is 5.10 Å². The second-order valence-electron chi connectivity index (χ2n) is 8.18. The number of likely N-dealkylation sites (tertiary alicyclic amines) is 1. The topological polar surface area (TPSA) is 121 Å². The molecular weight excluding hydrogens is 410 g/mol. The summed E-state index contributed by atoms with van der Waals surface area (Å²) in [6.45, 7) is 0.451. The molecule has 162 valence electrons. The highest BCUT2D eigenvalue weighted by Crippen LogP contribution is 2.31. The molecule has 9 nitrogen and oxygen atoms in total. The first kappa shape index (κ1) is 20.0. The molecule has 1 aliphatic carbocycles. The number of hydrogen-bond donors (Lipinski definition) is 3. The molecule has 5 rings (SSSR count). The van der Waals surface area contributed by atoms with Crippen LogP contribution in [-0.4, -0.2) is 67.0 Å². The van der Waals surface area contributed by atoms with Crippen LogP contribution in [0.4, 0.5) is 5.82 Å². The van der Waals surface area contributed by atoms with Crippen LogP contribution < -0.4 is 5.32 Å². The number of nitrogens with zero attached hydrogens (tertiary/aromatic N) is 4. The van der Waals surface area contributed by atoms with E-state index >= 15 is 0 Å². The lowest BCUT2D eigenvalue weighted by Gasteiger charge is -2.13. The third-order valence-electron chi connectivity index (χ3n) is 5.73. The molecule has 1 aromatic carbocycles. The number of aromatic carboxylic acids is 1. The van der Waals surface area contributed by atoms with Gasteiger partial charge in [-0.3, -0.25) is 4.79 Å². The lowest BCUT2D eigenvalue weighted by molar-refractivity contribution is -0.137. The van der Waals surface area contributed by atoms with Crippen LogP contribution in [0.2, 0.25) is 0 Å². The molecule has 3 aromatic rings. The molecule has 2 fully saturated rings. The van der Waals surface area contributed by atoms with Gasteiger partial charge in [0, 0.05) is 37.8 Å². The smallest absolute Gasteiger partial charge is 0.357 e. The minimum absolute atomic E-state index is 0.0818. The number of aliphatic hydroxyl groups is 1. The number of carboxylic acids is 1. The quantitative estimate of drug-likeness (QED) is 0.537. The molecule has 2 aliphatic rings. The van der Waals surface area contributed by atoms with Gasteiger partial charge in [-0.1, -0.05) is 17.9 Å². The number of carboxylic acid groups (broad SMARTS) is 1. The number of pyridine rings is 1. The van der Waals surface area contributed by atoms with Crippen LogP contribution in [0.25, 0.3) is 16.6 Å². The lowest BCUT2D eigenvalue weighted by atomic mass is 10.0. The Morgan fingerprint density at radius 1 is 1.31 bits per heavy atom.